The molecule has 28 heavy (non-hydrogen) atoms. The maximum atomic E-state index is 12.6. The van der Waals surface area contributed by atoms with Crippen molar-refractivity contribution in [2.24, 2.45) is 0 Å². The molecule has 0 spiro atoms. The summed E-state index contributed by atoms with van der Waals surface area (Å²) in [4.78, 5) is 26.0. The summed E-state index contributed by atoms with van der Waals surface area (Å²) in [5.74, 6) is -0.977. The summed E-state index contributed by atoms with van der Waals surface area (Å²) in [7, 11) is -3.58. The first-order chi connectivity index (χ1) is 13.4. The summed E-state index contributed by atoms with van der Waals surface area (Å²) >= 11 is 5.77. The zero-order valence-corrected chi connectivity index (χ0v) is 16.5. The van der Waals surface area contributed by atoms with Gasteiger partial charge in [0.1, 0.15) is 0 Å². The Morgan fingerprint density at radius 2 is 1.54 bits per heavy atom. The van der Waals surface area contributed by atoms with Crippen molar-refractivity contribution in [2.45, 2.75) is 4.90 Å². The molecule has 1 amide bonds. The Labute approximate surface area is 168 Å². The second-order valence-corrected chi connectivity index (χ2v) is 8.56. The van der Waals surface area contributed by atoms with Crippen LogP contribution in [-0.4, -0.2) is 62.3 Å². The zero-order chi connectivity index (χ0) is 20.1. The van der Waals surface area contributed by atoms with Crippen LogP contribution >= 0.6 is 11.6 Å². The molecule has 0 aliphatic carbocycles. The SMILES string of the molecule is O=C(OCC(=O)N1CCN(S(=O)(=O)c2ccccc2)CC1)c1ccc(Cl)cc1. The fraction of sp³-hybridized carbons (Fsp3) is 0.263. The Hall–Kier alpha value is -2.42. The lowest BCUT2D eigenvalue weighted by atomic mass is 10.2. The molecule has 0 bridgehead atoms. The number of ether oxygens (including phenoxy) is 1. The van der Waals surface area contributed by atoms with E-state index in [0.717, 1.165) is 0 Å². The Morgan fingerprint density at radius 3 is 2.14 bits per heavy atom. The van der Waals surface area contributed by atoms with Gasteiger partial charge in [0.15, 0.2) is 6.61 Å². The van der Waals surface area contributed by atoms with E-state index >= 15 is 0 Å². The Morgan fingerprint density at radius 1 is 0.929 bits per heavy atom. The first-order valence-electron chi connectivity index (χ1n) is 8.63. The van der Waals surface area contributed by atoms with E-state index in [2.05, 4.69) is 0 Å². The number of hydrogen-bond acceptors (Lipinski definition) is 5. The molecule has 1 aliphatic rings. The van der Waals surface area contributed by atoms with Gasteiger partial charge in [0, 0.05) is 31.2 Å². The minimum absolute atomic E-state index is 0.189. The number of nitrogens with zero attached hydrogens (tertiary/aromatic N) is 2. The van der Waals surface area contributed by atoms with Crippen LogP contribution in [0.2, 0.25) is 5.02 Å². The van der Waals surface area contributed by atoms with Crippen LogP contribution in [0.25, 0.3) is 0 Å². The third-order valence-corrected chi connectivity index (χ3v) is 6.54. The zero-order valence-electron chi connectivity index (χ0n) is 15.0. The lowest BCUT2D eigenvalue weighted by Gasteiger charge is -2.33. The molecule has 2 aromatic rings. The fourth-order valence-electron chi connectivity index (χ4n) is 2.81. The molecule has 1 fully saturated rings. The number of sulfonamides is 1. The quantitative estimate of drug-likeness (QED) is 0.688. The first kappa shape index (κ1) is 20.3. The molecule has 2 aromatic carbocycles. The molecule has 1 aliphatic heterocycles. The normalized spacial score (nSPS) is 15.2. The molecule has 1 heterocycles. The number of carbonyl (C=O) groups excluding carboxylic acids is 2. The topological polar surface area (TPSA) is 84.0 Å². The summed E-state index contributed by atoms with van der Waals surface area (Å²) < 4.78 is 31.6. The maximum Gasteiger partial charge on any atom is 0.338 e. The van der Waals surface area contributed by atoms with Crippen LogP contribution in [0, 0.1) is 0 Å². The maximum absolute atomic E-state index is 12.6. The number of piperazine rings is 1. The molecule has 0 unspecified atom stereocenters. The largest absolute Gasteiger partial charge is 0.452 e. The van der Waals surface area contributed by atoms with E-state index in [1.807, 2.05) is 0 Å². The van der Waals surface area contributed by atoms with Crippen molar-refractivity contribution in [1.82, 2.24) is 9.21 Å². The second-order valence-electron chi connectivity index (χ2n) is 6.18. The van der Waals surface area contributed by atoms with Crippen LogP contribution in [0.1, 0.15) is 10.4 Å². The van der Waals surface area contributed by atoms with Gasteiger partial charge in [-0.05, 0) is 36.4 Å². The van der Waals surface area contributed by atoms with Crippen LogP contribution in [0.5, 0.6) is 0 Å². The van der Waals surface area contributed by atoms with Crippen LogP contribution in [0.3, 0.4) is 0 Å². The lowest BCUT2D eigenvalue weighted by molar-refractivity contribution is -0.135. The molecule has 1 saturated heterocycles. The van der Waals surface area contributed by atoms with Crippen molar-refractivity contribution in [1.29, 1.82) is 0 Å². The number of rotatable bonds is 5. The van der Waals surface area contributed by atoms with E-state index in [4.69, 9.17) is 16.3 Å². The molecule has 9 heteroatoms. The van der Waals surface area contributed by atoms with E-state index in [1.54, 1.807) is 42.5 Å². The van der Waals surface area contributed by atoms with Crippen molar-refractivity contribution < 1.29 is 22.7 Å². The first-order valence-corrected chi connectivity index (χ1v) is 10.5. The number of carbonyl (C=O) groups is 2. The van der Waals surface area contributed by atoms with Gasteiger partial charge in [-0.25, -0.2) is 13.2 Å². The molecule has 0 saturated carbocycles. The second kappa shape index (κ2) is 8.72. The number of benzene rings is 2. The highest BCUT2D eigenvalue weighted by Crippen LogP contribution is 2.17. The van der Waals surface area contributed by atoms with Gasteiger partial charge in [-0.15, -0.1) is 0 Å². The highest BCUT2D eigenvalue weighted by Gasteiger charge is 2.30. The molecular weight excluding hydrogens is 404 g/mol. The molecular formula is C19H19ClN2O5S. The van der Waals surface area contributed by atoms with Gasteiger partial charge in [-0.1, -0.05) is 29.8 Å². The van der Waals surface area contributed by atoms with Crippen LogP contribution in [0.4, 0.5) is 0 Å². The summed E-state index contributed by atoms with van der Waals surface area (Å²) in [5.41, 5.74) is 0.302. The predicted molar refractivity (Wildman–Crippen MR) is 104 cm³/mol. The van der Waals surface area contributed by atoms with Crippen molar-refractivity contribution in [3.63, 3.8) is 0 Å². The van der Waals surface area contributed by atoms with Gasteiger partial charge in [0.05, 0.1) is 10.5 Å². The molecule has 0 N–H and O–H groups in total. The van der Waals surface area contributed by atoms with Gasteiger partial charge < -0.3 is 9.64 Å². The highest BCUT2D eigenvalue weighted by molar-refractivity contribution is 7.89. The Balaban J connectivity index is 1.51. The van der Waals surface area contributed by atoms with E-state index < -0.39 is 22.6 Å². The van der Waals surface area contributed by atoms with Crippen LogP contribution < -0.4 is 0 Å². The predicted octanol–water partition coefficient (Wildman–Crippen LogP) is 2.03. The molecule has 0 aromatic heterocycles. The van der Waals surface area contributed by atoms with Crippen LogP contribution in [0.15, 0.2) is 59.5 Å². The summed E-state index contributed by atoms with van der Waals surface area (Å²) in [6, 6.07) is 14.3. The molecule has 0 radical (unpaired) electrons. The Bertz CT molecular complexity index is 940. The van der Waals surface area contributed by atoms with Crippen molar-refractivity contribution >= 4 is 33.5 Å². The summed E-state index contributed by atoms with van der Waals surface area (Å²) in [6.07, 6.45) is 0. The standard InChI is InChI=1S/C19H19ClN2O5S/c20-16-8-6-15(7-9-16)19(24)27-14-18(23)21-10-12-22(13-11-21)28(25,26)17-4-2-1-3-5-17/h1-9H,10-14H2. The summed E-state index contributed by atoms with van der Waals surface area (Å²) in [5, 5.41) is 0.496. The number of hydrogen-bond donors (Lipinski definition) is 0. The number of halogens is 1. The van der Waals surface area contributed by atoms with E-state index in [-0.39, 0.29) is 37.0 Å². The van der Waals surface area contributed by atoms with E-state index in [0.29, 0.717) is 10.6 Å². The minimum atomic E-state index is -3.58. The average molecular weight is 423 g/mol. The van der Waals surface area contributed by atoms with Crippen molar-refractivity contribution in [3.8, 4) is 0 Å². The van der Waals surface area contributed by atoms with Crippen molar-refractivity contribution in [2.75, 3.05) is 32.8 Å². The third-order valence-electron chi connectivity index (χ3n) is 4.38. The molecule has 148 valence electrons. The molecule has 3 rings (SSSR count). The fourth-order valence-corrected chi connectivity index (χ4v) is 4.38. The van der Waals surface area contributed by atoms with Crippen LogP contribution in [-0.2, 0) is 19.6 Å². The van der Waals surface area contributed by atoms with Gasteiger partial charge >= 0.3 is 5.97 Å². The lowest BCUT2D eigenvalue weighted by Crippen LogP contribution is -2.51. The third kappa shape index (κ3) is 4.70. The summed E-state index contributed by atoms with van der Waals surface area (Å²) in [6.45, 7) is 0.460. The van der Waals surface area contributed by atoms with Gasteiger partial charge in [-0.3, -0.25) is 4.79 Å². The Kier molecular flexibility index (Phi) is 6.33. The minimum Gasteiger partial charge on any atom is -0.452 e. The van der Waals surface area contributed by atoms with Gasteiger partial charge in [0.25, 0.3) is 5.91 Å². The smallest absolute Gasteiger partial charge is 0.338 e. The number of amides is 1. The van der Waals surface area contributed by atoms with Gasteiger partial charge in [-0.2, -0.15) is 4.31 Å². The number of esters is 1. The highest BCUT2D eigenvalue weighted by atomic mass is 35.5. The van der Waals surface area contributed by atoms with Gasteiger partial charge in [0.2, 0.25) is 10.0 Å². The van der Waals surface area contributed by atoms with E-state index in [1.165, 1.54) is 21.3 Å². The molecule has 0 atom stereocenters. The molecule has 7 nitrogen and oxygen atoms in total. The van der Waals surface area contributed by atoms with Crippen molar-refractivity contribution in [3.05, 3.63) is 65.2 Å². The monoisotopic (exact) mass is 422 g/mol. The van der Waals surface area contributed by atoms with E-state index in [9.17, 15) is 18.0 Å². The average Bonchev–Trinajstić information content (AvgIpc) is 2.73.